The largest absolute Gasteiger partial charge is 0.316 e. The Hall–Kier alpha value is -0.380. The molecular formula is C15H26N2S. The maximum Gasteiger partial charge on any atom is 0.0216 e. The van der Waals surface area contributed by atoms with Crippen LogP contribution in [0.2, 0.25) is 0 Å². The summed E-state index contributed by atoms with van der Waals surface area (Å²) >= 11 is 1.81. The van der Waals surface area contributed by atoms with Gasteiger partial charge in [0.05, 0.1) is 0 Å². The summed E-state index contributed by atoms with van der Waals surface area (Å²) in [4.78, 5) is 0. The molecule has 2 heterocycles. The van der Waals surface area contributed by atoms with E-state index in [1.165, 1.54) is 49.9 Å². The highest BCUT2D eigenvalue weighted by molar-refractivity contribution is 7.08. The van der Waals surface area contributed by atoms with Gasteiger partial charge in [0.1, 0.15) is 0 Å². The number of hydrogen-bond acceptors (Lipinski definition) is 3. The van der Waals surface area contributed by atoms with Gasteiger partial charge in [-0.3, -0.25) is 0 Å². The molecule has 102 valence electrons. The summed E-state index contributed by atoms with van der Waals surface area (Å²) in [5.41, 5.74) is 3.39. The molecule has 1 fully saturated rings. The third-order valence-corrected chi connectivity index (χ3v) is 5.03. The van der Waals surface area contributed by atoms with Gasteiger partial charge in [-0.25, -0.2) is 0 Å². The Morgan fingerprint density at radius 2 is 2.33 bits per heavy atom. The lowest BCUT2D eigenvalue weighted by atomic mass is 9.77. The number of hydrogen-bond donors (Lipinski definition) is 2. The zero-order valence-corrected chi connectivity index (χ0v) is 12.5. The predicted octanol–water partition coefficient (Wildman–Crippen LogP) is 3.32. The molecule has 0 bridgehead atoms. The zero-order valence-electron chi connectivity index (χ0n) is 11.7. The van der Waals surface area contributed by atoms with Crippen LogP contribution in [0.1, 0.15) is 43.7 Å². The van der Waals surface area contributed by atoms with Crippen LogP contribution in [-0.4, -0.2) is 19.6 Å². The first-order chi connectivity index (χ1) is 8.76. The lowest BCUT2D eigenvalue weighted by Crippen LogP contribution is -2.46. The van der Waals surface area contributed by atoms with E-state index in [4.69, 9.17) is 0 Å². The van der Waals surface area contributed by atoms with Gasteiger partial charge in [0, 0.05) is 19.6 Å². The molecular weight excluding hydrogens is 240 g/mol. The molecule has 1 aromatic rings. The fourth-order valence-corrected chi connectivity index (χ4v) is 3.90. The van der Waals surface area contributed by atoms with E-state index in [2.05, 4.69) is 35.2 Å². The van der Waals surface area contributed by atoms with Crippen LogP contribution in [-0.2, 0) is 6.54 Å². The summed E-state index contributed by atoms with van der Waals surface area (Å²) in [5.74, 6) is 0. The van der Waals surface area contributed by atoms with Crippen molar-refractivity contribution in [2.45, 2.75) is 46.1 Å². The van der Waals surface area contributed by atoms with Gasteiger partial charge < -0.3 is 10.6 Å². The van der Waals surface area contributed by atoms with Crippen molar-refractivity contribution in [3.63, 3.8) is 0 Å². The number of nitrogens with one attached hydrogen (secondary N) is 2. The van der Waals surface area contributed by atoms with Crippen LogP contribution >= 0.6 is 11.3 Å². The summed E-state index contributed by atoms with van der Waals surface area (Å²) in [6, 6.07) is 0. The van der Waals surface area contributed by atoms with Crippen LogP contribution < -0.4 is 10.6 Å². The fourth-order valence-electron chi connectivity index (χ4n) is 3.04. The molecule has 0 radical (unpaired) electrons. The Bertz CT molecular complexity index is 348. The second-order valence-electron chi connectivity index (χ2n) is 5.71. The summed E-state index contributed by atoms with van der Waals surface area (Å²) in [7, 11) is 0. The lowest BCUT2D eigenvalue weighted by Gasteiger charge is -2.38. The highest BCUT2D eigenvalue weighted by Crippen LogP contribution is 2.31. The van der Waals surface area contributed by atoms with E-state index in [0.29, 0.717) is 5.41 Å². The minimum atomic E-state index is 0.497. The molecule has 0 amide bonds. The average Bonchev–Trinajstić information content (AvgIpc) is 2.77. The second-order valence-corrected chi connectivity index (χ2v) is 6.46. The van der Waals surface area contributed by atoms with E-state index in [1.54, 1.807) is 0 Å². The van der Waals surface area contributed by atoms with E-state index in [1.807, 2.05) is 11.3 Å². The lowest BCUT2D eigenvalue weighted by molar-refractivity contribution is 0.182. The third kappa shape index (κ3) is 3.56. The Balaban J connectivity index is 1.84. The number of rotatable bonds is 6. The van der Waals surface area contributed by atoms with E-state index >= 15 is 0 Å². The fraction of sp³-hybridized carbons (Fsp3) is 0.733. The van der Waals surface area contributed by atoms with Gasteiger partial charge >= 0.3 is 0 Å². The molecule has 2 rings (SSSR count). The number of aryl methyl sites for hydroxylation is 1. The van der Waals surface area contributed by atoms with Gasteiger partial charge in [0.15, 0.2) is 0 Å². The molecule has 1 atom stereocenters. The van der Waals surface area contributed by atoms with Crippen LogP contribution in [0.3, 0.4) is 0 Å². The molecule has 2 N–H and O–H groups in total. The number of piperidine rings is 1. The summed E-state index contributed by atoms with van der Waals surface area (Å²) in [5, 5.41) is 11.8. The van der Waals surface area contributed by atoms with Crippen molar-refractivity contribution < 1.29 is 0 Å². The Morgan fingerprint density at radius 1 is 1.44 bits per heavy atom. The van der Waals surface area contributed by atoms with Crippen LogP contribution in [0.4, 0.5) is 0 Å². The molecule has 1 aliphatic rings. The summed E-state index contributed by atoms with van der Waals surface area (Å²) < 4.78 is 0. The van der Waals surface area contributed by atoms with Gasteiger partial charge in [-0.2, -0.15) is 11.3 Å². The minimum Gasteiger partial charge on any atom is -0.316 e. The van der Waals surface area contributed by atoms with E-state index in [0.717, 1.165) is 13.1 Å². The molecule has 3 heteroatoms. The molecule has 1 aliphatic heterocycles. The molecule has 0 aromatic carbocycles. The van der Waals surface area contributed by atoms with Crippen LogP contribution in [0, 0.1) is 12.3 Å². The van der Waals surface area contributed by atoms with Gasteiger partial charge in [0.2, 0.25) is 0 Å². The van der Waals surface area contributed by atoms with E-state index < -0.39 is 0 Å². The van der Waals surface area contributed by atoms with Crippen molar-refractivity contribution in [2.75, 3.05) is 19.6 Å². The second kappa shape index (κ2) is 6.69. The van der Waals surface area contributed by atoms with Gasteiger partial charge in [-0.05, 0) is 60.0 Å². The standard InChI is InChI=1S/C15H26N2S/c1-3-5-15(6-4-7-16-11-15)12-17-8-14-10-18-9-13(14)2/h9-10,16-17H,3-8,11-12H2,1-2H3. The Morgan fingerprint density at radius 3 is 2.94 bits per heavy atom. The topological polar surface area (TPSA) is 24.1 Å². The highest BCUT2D eigenvalue weighted by Gasteiger charge is 2.30. The minimum absolute atomic E-state index is 0.497. The van der Waals surface area contributed by atoms with Crippen molar-refractivity contribution in [3.05, 3.63) is 21.9 Å². The SMILES string of the molecule is CCCC1(CNCc2cscc2C)CCCNC1. The van der Waals surface area contributed by atoms with E-state index in [-0.39, 0.29) is 0 Å². The monoisotopic (exact) mass is 266 g/mol. The molecule has 2 nitrogen and oxygen atoms in total. The molecule has 1 aromatic heterocycles. The van der Waals surface area contributed by atoms with E-state index in [9.17, 15) is 0 Å². The van der Waals surface area contributed by atoms with Crippen LogP contribution in [0.25, 0.3) is 0 Å². The van der Waals surface area contributed by atoms with Gasteiger partial charge in [-0.15, -0.1) is 0 Å². The molecule has 0 aliphatic carbocycles. The number of thiophene rings is 1. The Labute approximate surface area is 115 Å². The predicted molar refractivity (Wildman–Crippen MR) is 80.2 cm³/mol. The highest BCUT2D eigenvalue weighted by atomic mass is 32.1. The van der Waals surface area contributed by atoms with Crippen molar-refractivity contribution in [1.82, 2.24) is 10.6 Å². The molecule has 18 heavy (non-hydrogen) atoms. The van der Waals surface area contributed by atoms with Crippen molar-refractivity contribution >= 4 is 11.3 Å². The van der Waals surface area contributed by atoms with Crippen LogP contribution in [0.5, 0.6) is 0 Å². The van der Waals surface area contributed by atoms with Crippen LogP contribution in [0.15, 0.2) is 10.8 Å². The first-order valence-electron chi connectivity index (χ1n) is 7.19. The zero-order chi connectivity index (χ0) is 12.8. The normalized spacial score (nSPS) is 24.3. The van der Waals surface area contributed by atoms with Crippen molar-refractivity contribution in [3.8, 4) is 0 Å². The molecule has 0 spiro atoms. The van der Waals surface area contributed by atoms with Crippen molar-refractivity contribution in [1.29, 1.82) is 0 Å². The van der Waals surface area contributed by atoms with Gasteiger partial charge in [0.25, 0.3) is 0 Å². The summed E-state index contributed by atoms with van der Waals surface area (Å²) in [6.07, 6.45) is 5.35. The smallest absolute Gasteiger partial charge is 0.0216 e. The van der Waals surface area contributed by atoms with Crippen molar-refractivity contribution in [2.24, 2.45) is 5.41 Å². The first-order valence-corrected chi connectivity index (χ1v) is 8.13. The average molecular weight is 266 g/mol. The molecule has 1 unspecified atom stereocenters. The van der Waals surface area contributed by atoms with Gasteiger partial charge in [-0.1, -0.05) is 13.3 Å². The maximum absolute atomic E-state index is 3.69. The first kappa shape index (κ1) is 14.0. The third-order valence-electron chi connectivity index (χ3n) is 4.12. The quantitative estimate of drug-likeness (QED) is 0.825. The summed E-state index contributed by atoms with van der Waals surface area (Å²) in [6.45, 7) is 9.09. The maximum atomic E-state index is 3.69. The Kier molecular flexibility index (Phi) is 5.22. The molecule has 0 saturated carbocycles. The molecule has 1 saturated heterocycles.